The van der Waals surface area contributed by atoms with Crippen LogP contribution in [0.4, 0.5) is 23.2 Å². The average Bonchev–Trinajstić information content (AvgIpc) is 2.60. The largest absolute Gasteiger partial charge is 0.392 e. The molecule has 3 rings (SSSR count). The van der Waals surface area contributed by atoms with E-state index in [0.717, 1.165) is 12.3 Å². The first-order valence-corrected chi connectivity index (χ1v) is 8.99. The molecular formula is C19H17ClF4N4O. The van der Waals surface area contributed by atoms with Gasteiger partial charge in [-0.2, -0.15) is 13.2 Å². The predicted molar refractivity (Wildman–Crippen MR) is 101 cm³/mol. The number of nitrogens with zero attached hydrogens (tertiary/aromatic N) is 2. The van der Waals surface area contributed by atoms with Gasteiger partial charge in [0.2, 0.25) is 0 Å². The van der Waals surface area contributed by atoms with E-state index in [4.69, 9.17) is 17.3 Å². The molecular weight excluding hydrogens is 412 g/mol. The van der Waals surface area contributed by atoms with E-state index >= 15 is 0 Å². The molecule has 1 aromatic heterocycles. The fraction of sp³-hybridized carbons (Fsp3) is 0.316. The number of amides is 1. The summed E-state index contributed by atoms with van der Waals surface area (Å²) in [6, 6.07) is 7.13. The molecule has 10 heteroatoms. The third-order valence-electron chi connectivity index (χ3n) is 4.72. The fourth-order valence-electron chi connectivity index (χ4n) is 3.33. The van der Waals surface area contributed by atoms with Gasteiger partial charge in [0, 0.05) is 18.3 Å². The van der Waals surface area contributed by atoms with Crippen LogP contribution in [0.2, 0.25) is 5.02 Å². The van der Waals surface area contributed by atoms with E-state index in [1.165, 1.54) is 12.1 Å². The lowest BCUT2D eigenvalue weighted by Crippen LogP contribution is -2.40. The Morgan fingerprint density at radius 1 is 1.34 bits per heavy atom. The van der Waals surface area contributed by atoms with Crippen LogP contribution in [0.15, 0.2) is 41.5 Å². The summed E-state index contributed by atoms with van der Waals surface area (Å²) in [6.07, 6.45) is -3.89. The van der Waals surface area contributed by atoms with Gasteiger partial charge >= 0.3 is 6.18 Å². The molecule has 2 atom stereocenters. The minimum atomic E-state index is -4.40. The van der Waals surface area contributed by atoms with Gasteiger partial charge in [-0.25, -0.2) is 9.37 Å². The van der Waals surface area contributed by atoms with Gasteiger partial charge in [0.1, 0.15) is 0 Å². The number of nitrogens with two attached hydrogens (primary N) is 1. The SMILES string of the molecule is C[C@@]1(c2cccc(NC(=O)c3ncc(Cl)cc3F)c2)C[C@@H](C(F)(F)F)CC(N)=N1. The zero-order valence-electron chi connectivity index (χ0n) is 15.2. The summed E-state index contributed by atoms with van der Waals surface area (Å²) in [5.74, 6) is -3.41. The molecule has 1 amide bonds. The minimum Gasteiger partial charge on any atom is -0.387 e. The van der Waals surface area contributed by atoms with Gasteiger partial charge in [-0.05, 0) is 37.1 Å². The van der Waals surface area contributed by atoms with Crippen LogP contribution in [-0.4, -0.2) is 22.9 Å². The summed E-state index contributed by atoms with van der Waals surface area (Å²) in [5.41, 5.74) is 4.71. The lowest BCUT2D eigenvalue weighted by Gasteiger charge is -2.36. The number of anilines is 1. The molecule has 1 aromatic carbocycles. The molecule has 0 radical (unpaired) electrons. The third kappa shape index (κ3) is 4.67. The van der Waals surface area contributed by atoms with Crippen molar-refractivity contribution in [3.8, 4) is 0 Å². The number of halogens is 5. The third-order valence-corrected chi connectivity index (χ3v) is 4.92. The summed E-state index contributed by atoms with van der Waals surface area (Å²) in [5, 5.41) is 2.52. The summed E-state index contributed by atoms with van der Waals surface area (Å²) in [7, 11) is 0. The molecule has 0 bridgehead atoms. The number of aliphatic imine (C=N–C) groups is 1. The number of alkyl halides is 3. The Hall–Kier alpha value is -2.68. The van der Waals surface area contributed by atoms with Crippen LogP contribution in [0.5, 0.6) is 0 Å². The van der Waals surface area contributed by atoms with Gasteiger partial charge in [0.05, 0.1) is 22.3 Å². The van der Waals surface area contributed by atoms with Crippen molar-refractivity contribution < 1.29 is 22.4 Å². The first kappa shape index (κ1) is 21.0. The Balaban J connectivity index is 1.87. The van der Waals surface area contributed by atoms with Crippen molar-refractivity contribution in [2.75, 3.05) is 5.32 Å². The molecule has 0 saturated carbocycles. The number of aromatic nitrogens is 1. The quantitative estimate of drug-likeness (QED) is 0.697. The molecule has 29 heavy (non-hydrogen) atoms. The zero-order valence-corrected chi connectivity index (χ0v) is 16.0. The molecule has 0 fully saturated rings. The van der Waals surface area contributed by atoms with Crippen molar-refractivity contribution in [1.82, 2.24) is 4.98 Å². The van der Waals surface area contributed by atoms with Crippen molar-refractivity contribution in [3.63, 3.8) is 0 Å². The number of nitrogens with one attached hydrogen (secondary N) is 1. The molecule has 0 unspecified atom stereocenters. The van der Waals surface area contributed by atoms with Gasteiger partial charge < -0.3 is 11.1 Å². The number of benzene rings is 1. The number of carbonyl (C=O) groups is 1. The number of hydrogen-bond acceptors (Lipinski definition) is 4. The van der Waals surface area contributed by atoms with Crippen molar-refractivity contribution in [3.05, 3.63) is 58.6 Å². The molecule has 5 nitrogen and oxygen atoms in total. The standard InChI is InChI=1S/C19H17ClF4N4O/c1-18(8-11(19(22,23)24)6-15(25)28-18)10-3-2-4-13(5-10)27-17(29)16-14(21)7-12(20)9-26-16/h2-5,7,9,11H,6,8H2,1H3,(H2,25,28)(H,27,29)/t11-,18-/m0/s1. The van der Waals surface area contributed by atoms with E-state index < -0.39 is 35.1 Å². The predicted octanol–water partition coefficient (Wildman–Crippen LogP) is 4.67. The van der Waals surface area contributed by atoms with Gasteiger partial charge in [-0.15, -0.1) is 0 Å². The summed E-state index contributed by atoms with van der Waals surface area (Å²) < 4.78 is 53.7. The molecule has 154 valence electrons. The second kappa shape index (κ2) is 7.62. The topological polar surface area (TPSA) is 80.4 Å². The van der Waals surface area contributed by atoms with Crippen LogP contribution in [0.3, 0.4) is 0 Å². The molecule has 1 aliphatic rings. The van der Waals surface area contributed by atoms with E-state index in [0.29, 0.717) is 5.56 Å². The summed E-state index contributed by atoms with van der Waals surface area (Å²) >= 11 is 5.62. The Bertz CT molecular complexity index is 979. The van der Waals surface area contributed by atoms with Crippen molar-refractivity contribution in [1.29, 1.82) is 0 Å². The molecule has 0 saturated heterocycles. The van der Waals surface area contributed by atoms with Crippen molar-refractivity contribution in [2.24, 2.45) is 16.6 Å². The maximum Gasteiger partial charge on any atom is 0.392 e. The molecule has 2 heterocycles. The highest BCUT2D eigenvalue weighted by Gasteiger charge is 2.47. The Morgan fingerprint density at radius 2 is 2.07 bits per heavy atom. The van der Waals surface area contributed by atoms with Gasteiger partial charge in [0.25, 0.3) is 5.91 Å². The van der Waals surface area contributed by atoms with E-state index in [1.54, 1.807) is 19.1 Å². The van der Waals surface area contributed by atoms with Crippen LogP contribution in [0.1, 0.15) is 35.8 Å². The summed E-state index contributed by atoms with van der Waals surface area (Å²) in [4.78, 5) is 20.2. The van der Waals surface area contributed by atoms with E-state index in [2.05, 4.69) is 15.3 Å². The first-order chi connectivity index (χ1) is 13.5. The second-order valence-electron chi connectivity index (χ2n) is 7.04. The normalized spacial score (nSPS) is 22.1. The Morgan fingerprint density at radius 3 is 2.72 bits per heavy atom. The Kier molecular flexibility index (Phi) is 5.53. The van der Waals surface area contributed by atoms with Crippen LogP contribution in [0.25, 0.3) is 0 Å². The highest BCUT2D eigenvalue weighted by Crippen LogP contribution is 2.44. The number of rotatable bonds is 3. The average molecular weight is 429 g/mol. The lowest BCUT2D eigenvalue weighted by molar-refractivity contribution is -0.179. The van der Waals surface area contributed by atoms with Crippen molar-refractivity contribution >= 4 is 29.0 Å². The van der Waals surface area contributed by atoms with Gasteiger partial charge in [-0.3, -0.25) is 9.79 Å². The molecule has 3 N–H and O–H groups in total. The fourth-order valence-corrected chi connectivity index (χ4v) is 3.48. The number of hydrogen-bond donors (Lipinski definition) is 2. The van der Waals surface area contributed by atoms with Gasteiger partial charge in [-0.1, -0.05) is 23.7 Å². The number of carbonyl (C=O) groups excluding carboxylic acids is 1. The highest BCUT2D eigenvalue weighted by atomic mass is 35.5. The van der Waals surface area contributed by atoms with E-state index in [9.17, 15) is 22.4 Å². The second-order valence-corrected chi connectivity index (χ2v) is 7.48. The minimum absolute atomic E-state index is 0.0425. The van der Waals surface area contributed by atoms with Crippen LogP contribution in [0, 0.1) is 11.7 Å². The Labute approximate surface area is 169 Å². The maximum absolute atomic E-state index is 13.9. The van der Waals surface area contributed by atoms with Crippen LogP contribution >= 0.6 is 11.6 Å². The smallest absolute Gasteiger partial charge is 0.387 e. The first-order valence-electron chi connectivity index (χ1n) is 8.62. The van der Waals surface area contributed by atoms with Gasteiger partial charge in [0.15, 0.2) is 11.5 Å². The van der Waals surface area contributed by atoms with Crippen LogP contribution in [-0.2, 0) is 5.54 Å². The number of amidine groups is 1. The zero-order chi connectivity index (χ0) is 21.4. The highest BCUT2D eigenvalue weighted by molar-refractivity contribution is 6.30. The molecule has 1 aliphatic heterocycles. The molecule has 2 aromatic rings. The van der Waals surface area contributed by atoms with Crippen molar-refractivity contribution in [2.45, 2.75) is 31.5 Å². The lowest BCUT2D eigenvalue weighted by atomic mass is 9.79. The number of pyridine rings is 1. The van der Waals surface area contributed by atoms with E-state index in [1.807, 2.05) is 0 Å². The molecule has 0 spiro atoms. The maximum atomic E-state index is 13.9. The monoisotopic (exact) mass is 428 g/mol. The van der Waals surface area contributed by atoms with Crippen LogP contribution < -0.4 is 11.1 Å². The summed E-state index contributed by atoms with van der Waals surface area (Å²) in [6.45, 7) is 1.55. The molecule has 0 aliphatic carbocycles. The van der Waals surface area contributed by atoms with E-state index in [-0.39, 0.29) is 29.4 Å².